The molecule has 0 aromatic heterocycles. The predicted molar refractivity (Wildman–Crippen MR) is 77.5 cm³/mol. The van der Waals surface area contributed by atoms with Crippen LogP contribution in [0.4, 0.5) is 14.5 Å². The maximum Gasteiger partial charge on any atom is 0.257 e. The molecule has 0 atom stereocenters. The summed E-state index contributed by atoms with van der Waals surface area (Å²) in [5, 5.41) is 2.50. The van der Waals surface area contributed by atoms with Crippen LogP contribution in [0.2, 0.25) is 5.02 Å². The fourth-order valence-electron chi connectivity index (χ4n) is 1.63. The molecule has 0 radical (unpaired) electrons. The van der Waals surface area contributed by atoms with Crippen molar-refractivity contribution in [1.82, 2.24) is 0 Å². The molecule has 0 spiro atoms. The molecule has 0 saturated heterocycles. The van der Waals surface area contributed by atoms with Gasteiger partial charge in [0.1, 0.15) is 0 Å². The van der Waals surface area contributed by atoms with Crippen LogP contribution in [-0.4, -0.2) is 12.2 Å². The third kappa shape index (κ3) is 3.11. The highest BCUT2D eigenvalue weighted by atomic mass is 35.5. The number of para-hydroxylation sites is 1. The monoisotopic (exact) mass is 313 g/mol. The Hall–Kier alpha value is -1.59. The molecule has 2 rings (SSSR count). The highest BCUT2D eigenvalue weighted by Gasteiger charge is 2.16. The van der Waals surface area contributed by atoms with E-state index in [4.69, 9.17) is 11.6 Å². The zero-order valence-electron chi connectivity index (χ0n) is 10.4. The average molecular weight is 314 g/mol. The van der Waals surface area contributed by atoms with Crippen molar-refractivity contribution in [2.24, 2.45) is 0 Å². The number of hydrogen-bond acceptors (Lipinski definition) is 2. The lowest BCUT2D eigenvalue weighted by molar-refractivity contribution is 0.102. The fourth-order valence-corrected chi connectivity index (χ4v) is 2.42. The minimum absolute atomic E-state index is 0.110. The second kappa shape index (κ2) is 6.24. The molecule has 0 fully saturated rings. The molecular weight excluding hydrogens is 304 g/mol. The van der Waals surface area contributed by atoms with Gasteiger partial charge in [-0.15, -0.1) is 11.8 Å². The van der Waals surface area contributed by atoms with Gasteiger partial charge in [-0.1, -0.05) is 23.7 Å². The average Bonchev–Trinajstić information content (AvgIpc) is 2.43. The van der Waals surface area contributed by atoms with Gasteiger partial charge in [-0.05, 0) is 30.5 Å². The molecule has 2 aromatic rings. The zero-order valence-corrected chi connectivity index (χ0v) is 12.0. The fraction of sp³-hybridized carbons (Fsp3) is 0.0714. The summed E-state index contributed by atoms with van der Waals surface area (Å²) < 4.78 is 26.2. The quantitative estimate of drug-likeness (QED) is 0.663. The third-order valence-electron chi connectivity index (χ3n) is 2.61. The van der Waals surface area contributed by atoms with E-state index in [0.29, 0.717) is 5.69 Å². The Morgan fingerprint density at radius 3 is 2.55 bits per heavy atom. The number of rotatable bonds is 3. The highest BCUT2D eigenvalue weighted by molar-refractivity contribution is 7.98. The summed E-state index contributed by atoms with van der Waals surface area (Å²) in [5.74, 6) is -2.79. The number of hydrogen-bond donors (Lipinski definition) is 1. The van der Waals surface area contributed by atoms with Gasteiger partial charge in [-0.25, -0.2) is 8.78 Å². The largest absolute Gasteiger partial charge is 0.321 e. The number of thioether (sulfide) groups is 1. The van der Waals surface area contributed by atoms with E-state index in [9.17, 15) is 13.6 Å². The molecule has 0 unspecified atom stereocenters. The molecule has 0 heterocycles. The molecule has 1 N–H and O–H groups in total. The molecular formula is C14H10ClF2NOS. The predicted octanol–water partition coefficient (Wildman–Crippen LogP) is 4.59. The number of carbonyl (C=O) groups excluding carboxylic acids is 1. The third-order valence-corrected chi connectivity index (χ3v) is 3.72. The number of nitrogens with one attached hydrogen (secondary N) is 1. The normalized spacial score (nSPS) is 10.4. The Morgan fingerprint density at radius 1 is 1.20 bits per heavy atom. The van der Waals surface area contributed by atoms with Gasteiger partial charge in [0.25, 0.3) is 5.91 Å². The summed E-state index contributed by atoms with van der Waals surface area (Å²) in [4.78, 5) is 12.9. The van der Waals surface area contributed by atoms with E-state index in [1.54, 1.807) is 12.1 Å². The molecule has 104 valence electrons. The van der Waals surface area contributed by atoms with Gasteiger partial charge in [0.05, 0.1) is 16.3 Å². The standard InChI is InChI=1S/C14H10ClF2NOS/c1-20-13-5-3-2-4-12(13)18-14(19)8-6-10(16)11(17)7-9(8)15/h2-7H,1H3,(H,18,19). The molecule has 20 heavy (non-hydrogen) atoms. The number of carbonyl (C=O) groups is 1. The minimum atomic E-state index is -1.11. The van der Waals surface area contributed by atoms with Gasteiger partial charge in [-0.2, -0.15) is 0 Å². The van der Waals surface area contributed by atoms with Crippen LogP contribution in [0.25, 0.3) is 0 Å². The molecule has 0 aliphatic rings. The van der Waals surface area contributed by atoms with Gasteiger partial charge in [0.2, 0.25) is 0 Å². The van der Waals surface area contributed by atoms with E-state index >= 15 is 0 Å². The molecule has 2 nitrogen and oxygen atoms in total. The lowest BCUT2D eigenvalue weighted by Gasteiger charge is -2.10. The Balaban J connectivity index is 2.31. The van der Waals surface area contributed by atoms with Crippen molar-refractivity contribution >= 4 is 35.0 Å². The number of amides is 1. The van der Waals surface area contributed by atoms with Crippen molar-refractivity contribution in [2.45, 2.75) is 4.90 Å². The van der Waals surface area contributed by atoms with Gasteiger partial charge in [0.15, 0.2) is 11.6 Å². The Kier molecular flexibility index (Phi) is 4.62. The second-order valence-corrected chi connectivity index (χ2v) is 5.16. The van der Waals surface area contributed by atoms with Crippen molar-refractivity contribution in [2.75, 3.05) is 11.6 Å². The molecule has 6 heteroatoms. The van der Waals surface area contributed by atoms with Crippen LogP contribution in [0.1, 0.15) is 10.4 Å². The van der Waals surface area contributed by atoms with Crippen LogP contribution < -0.4 is 5.32 Å². The first kappa shape index (κ1) is 14.8. The SMILES string of the molecule is CSc1ccccc1NC(=O)c1cc(F)c(F)cc1Cl. The van der Waals surface area contributed by atoms with Crippen LogP contribution in [0.15, 0.2) is 41.3 Å². The number of benzene rings is 2. The van der Waals surface area contributed by atoms with Crippen molar-refractivity contribution < 1.29 is 13.6 Å². The summed E-state index contributed by atoms with van der Waals surface area (Å²) in [6.07, 6.45) is 1.87. The van der Waals surface area contributed by atoms with Crippen LogP contribution in [0.3, 0.4) is 0 Å². The van der Waals surface area contributed by atoms with Crippen LogP contribution in [0.5, 0.6) is 0 Å². The van der Waals surface area contributed by atoms with E-state index in [0.717, 1.165) is 17.0 Å². The summed E-state index contributed by atoms with van der Waals surface area (Å²) in [6, 6.07) is 8.74. The first-order chi connectivity index (χ1) is 9.52. The van der Waals surface area contributed by atoms with Crippen molar-refractivity contribution in [3.05, 3.63) is 58.6 Å². The molecule has 0 bridgehead atoms. The van der Waals surface area contributed by atoms with Crippen molar-refractivity contribution in [3.63, 3.8) is 0 Å². The van der Waals surface area contributed by atoms with Crippen LogP contribution >= 0.6 is 23.4 Å². The zero-order chi connectivity index (χ0) is 14.7. The summed E-state index contributed by atoms with van der Waals surface area (Å²) >= 11 is 7.22. The van der Waals surface area contributed by atoms with Crippen LogP contribution in [-0.2, 0) is 0 Å². The van der Waals surface area contributed by atoms with Crippen LogP contribution in [0, 0.1) is 11.6 Å². The molecule has 0 saturated carbocycles. The van der Waals surface area contributed by atoms with Gasteiger partial charge < -0.3 is 5.32 Å². The topological polar surface area (TPSA) is 29.1 Å². The van der Waals surface area contributed by atoms with E-state index in [1.165, 1.54) is 11.8 Å². The summed E-state index contributed by atoms with van der Waals surface area (Å²) in [7, 11) is 0. The number of halogens is 3. The lowest BCUT2D eigenvalue weighted by atomic mass is 10.2. The first-order valence-corrected chi connectivity index (χ1v) is 7.22. The Labute approximate surface area is 124 Å². The Morgan fingerprint density at radius 2 is 1.85 bits per heavy atom. The van der Waals surface area contributed by atoms with Crippen molar-refractivity contribution in [3.8, 4) is 0 Å². The van der Waals surface area contributed by atoms with E-state index in [2.05, 4.69) is 5.32 Å². The summed E-state index contributed by atoms with van der Waals surface area (Å²) in [6.45, 7) is 0. The van der Waals surface area contributed by atoms with E-state index < -0.39 is 17.5 Å². The van der Waals surface area contributed by atoms with E-state index in [1.807, 2.05) is 18.4 Å². The molecule has 0 aliphatic heterocycles. The lowest BCUT2D eigenvalue weighted by Crippen LogP contribution is -2.13. The summed E-state index contributed by atoms with van der Waals surface area (Å²) in [5.41, 5.74) is 0.479. The Bertz CT molecular complexity index is 664. The maximum atomic E-state index is 13.2. The molecule has 1 amide bonds. The smallest absolute Gasteiger partial charge is 0.257 e. The molecule has 0 aliphatic carbocycles. The highest BCUT2D eigenvalue weighted by Crippen LogP contribution is 2.26. The minimum Gasteiger partial charge on any atom is -0.321 e. The maximum absolute atomic E-state index is 13.2. The first-order valence-electron chi connectivity index (χ1n) is 5.62. The second-order valence-electron chi connectivity index (χ2n) is 3.90. The van der Waals surface area contributed by atoms with Gasteiger partial charge in [0, 0.05) is 4.90 Å². The van der Waals surface area contributed by atoms with E-state index in [-0.39, 0.29) is 10.6 Å². The van der Waals surface area contributed by atoms with Gasteiger partial charge >= 0.3 is 0 Å². The number of anilines is 1. The van der Waals surface area contributed by atoms with Gasteiger partial charge in [-0.3, -0.25) is 4.79 Å². The molecule has 2 aromatic carbocycles. The van der Waals surface area contributed by atoms with Crippen molar-refractivity contribution in [1.29, 1.82) is 0 Å².